The van der Waals surface area contributed by atoms with E-state index in [4.69, 9.17) is 5.11 Å². The van der Waals surface area contributed by atoms with Gasteiger partial charge in [-0.1, -0.05) is 23.8 Å². The second-order valence-electron chi connectivity index (χ2n) is 4.08. The molecule has 1 aromatic heterocycles. The van der Waals surface area contributed by atoms with Crippen LogP contribution in [0.4, 0.5) is 11.5 Å². The molecular weight excluding hydrogens is 212 g/mol. The molecule has 0 radical (unpaired) electrons. The van der Waals surface area contributed by atoms with Crippen molar-refractivity contribution < 1.29 is 5.11 Å². The first-order chi connectivity index (χ1) is 8.20. The molecule has 0 aliphatic carbocycles. The summed E-state index contributed by atoms with van der Waals surface area (Å²) in [6, 6.07) is 12.1. The third-order valence-electron chi connectivity index (χ3n) is 2.76. The molecule has 1 N–H and O–H groups in total. The maximum atomic E-state index is 8.96. The molecular formula is C14H16N2O. The van der Waals surface area contributed by atoms with Crippen LogP contribution in [0.1, 0.15) is 11.1 Å². The maximum Gasteiger partial charge on any atom is 0.132 e. The van der Waals surface area contributed by atoms with Crippen molar-refractivity contribution in [3.8, 4) is 0 Å². The Labute approximate surface area is 101 Å². The normalized spacial score (nSPS) is 10.3. The molecule has 0 saturated carbocycles. The van der Waals surface area contributed by atoms with Gasteiger partial charge < -0.3 is 10.0 Å². The first-order valence-electron chi connectivity index (χ1n) is 5.57. The van der Waals surface area contributed by atoms with Gasteiger partial charge in [-0.2, -0.15) is 0 Å². The highest BCUT2D eigenvalue weighted by atomic mass is 16.3. The zero-order valence-corrected chi connectivity index (χ0v) is 10.1. The van der Waals surface area contributed by atoms with Crippen LogP contribution in [0.15, 0.2) is 42.6 Å². The van der Waals surface area contributed by atoms with E-state index in [1.165, 1.54) is 5.56 Å². The van der Waals surface area contributed by atoms with Gasteiger partial charge >= 0.3 is 0 Å². The van der Waals surface area contributed by atoms with Gasteiger partial charge in [-0.3, -0.25) is 0 Å². The third kappa shape index (κ3) is 2.63. The Morgan fingerprint density at radius 3 is 2.35 bits per heavy atom. The summed E-state index contributed by atoms with van der Waals surface area (Å²) in [4.78, 5) is 6.33. The molecule has 3 nitrogen and oxygen atoms in total. The van der Waals surface area contributed by atoms with E-state index in [0.29, 0.717) is 0 Å². The third-order valence-corrected chi connectivity index (χ3v) is 2.76. The lowest BCUT2D eigenvalue weighted by molar-refractivity contribution is 0.281. The summed E-state index contributed by atoms with van der Waals surface area (Å²) in [5.74, 6) is 0.867. The predicted octanol–water partition coefficient (Wildman–Crippen LogP) is 2.65. The van der Waals surface area contributed by atoms with Gasteiger partial charge in [0.15, 0.2) is 0 Å². The largest absolute Gasteiger partial charge is 0.392 e. The molecule has 2 rings (SSSR count). The molecule has 1 aromatic carbocycles. The Hall–Kier alpha value is -1.87. The van der Waals surface area contributed by atoms with Crippen molar-refractivity contribution in [3.63, 3.8) is 0 Å². The Morgan fingerprint density at radius 1 is 1.12 bits per heavy atom. The van der Waals surface area contributed by atoms with Crippen LogP contribution in [-0.2, 0) is 6.61 Å². The number of aromatic nitrogens is 1. The molecule has 88 valence electrons. The van der Waals surface area contributed by atoms with E-state index in [0.717, 1.165) is 17.1 Å². The summed E-state index contributed by atoms with van der Waals surface area (Å²) in [6.07, 6.45) is 1.69. The van der Waals surface area contributed by atoms with Crippen molar-refractivity contribution in [3.05, 3.63) is 53.7 Å². The minimum absolute atomic E-state index is 0.0293. The quantitative estimate of drug-likeness (QED) is 0.877. The lowest BCUT2D eigenvalue weighted by Gasteiger charge is -2.18. The topological polar surface area (TPSA) is 36.4 Å². The number of rotatable bonds is 3. The summed E-state index contributed by atoms with van der Waals surface area (Å²) >= 11 is 0. The van der Waals surface area contributed by atoms with Crippen LogP contribution in [0, 0.1) is 6.92 Å². The van der Waals surface area contributed by atoms with E-state index in [2.05, 4.69) is 36.2 Å². The lowest BCUT2D eigenvalue weighted by Crippen LogP contribution is -2.11. The van der Waals surface area contributed by atoms with Crippen LogP contribution in [0.5, 0.6) is 0 Å². The van der Waals surface area contributed by atoms with E-state index in [9.17, 15) is 0 Å². The fraction of sp³-hybridized carbons (Fsp3) is 0.214. The molecule has 0 saturated heterocycles. The standard InChI is InChI=1S/C14H16N2O/c1-11-3-6-13(7-4-11)16(2)14-8-5-12(10-17)9-15-14/h3-9,17H,10H2,1-2H3. The van der Waals surface area contributed by atoms with Crippen molar-refractivity contribution in [1.82, 2.24) is 4.98 Å². The number of benzene rings is 1. The van der Waals surface area contributed by atoms with Crippen LogP contribution >= 0.6 is 0 Å². The van der Waals surface area contributed by atoms with Crippen LogP contribution in [0.2, 0.25) is 0 Å². The summed E-state index contributed by atoms with van der Waals surface area (Å²) in [6.45, 7) is 2.10. The molecule has 0 bridgehead atoms. The zero-order valence-electron chi connectivity index (χ0n) is 10.1. The smallest absolute Gasteiger partial charge is 0.132 e. The predicted molar refractivity (Wildman–Crippen MR) is 69.4 cm³/mol. The fourth-order valence-corrected chi connectivity index (χ4v) is 1.61. The Bertz CT molecular complexity index is 477. The zero-order chi connectivity index (χ0) is 12.3. The van der Waals surface area contributed by atoms with Crippen molar-refractivity contribution in [2.24, 2.45) is 0 Å². The summed E-state index contributed by atoms with van der Waals surface area (Å²) in [7, 11) is 1.98. The number of aryl methyl sites for hydroxylation is 1. The molecule has 0 unspecified atom stereocenters. The number of aliphatic hydroxyl groups is 1. The minimum atomic E-state index is 0.0293. The highest BCUT2D eigenvalue weighted by Gasteiger charge is 2.04. The average Bonchev–Trinajstić information content (AvgIpc) is 2.39. The molecule has 0 amide bonds. The van der Waals surface area contributed by atoms with E-state index in [-0.39, 0.29) is 6.61 Å². The highest BCUT2D eigenvalue weighted by Crippen LogP contribution is 2.21. The summed E-state index contributed by atoms with van der Waals surface area (Å²) in [5.41, 5.74) is 3.16. The van der Waals surface area contributed by atoms with Crippen LogP contribution in [-0.4, -0.2) is 17.1 Å². The number of hydrogen-bond acceptors (Lipinski definition) is 3. The van der Waals surface area contributed by atoms with Gasteiger partial charge in [0.2, 0.25) is 0 Å². The molecule has 3 heteroatoms. The lowest BCUT2D eigenvalue weighted by atomic mass is 10.2. The summed E-state index contributed by atoms with van der Waals surface area (Å²) in [5, 5.41) is 8.96. The van der Waals surface area contributed by atoms with Crippen molar-refractivity contribution >= 4 is 11.5 Å². The Balaban J connectivity index is 2.23. The molecule has 0 aliphatic heterocycles. The second-order valence-corrected chi connectivity index (χ2v) is 4.08. The molecule has 0 fully saturated rings. The van der Waals surface area contributed by atoms with Gasteiger partial charge in [-0.05, 0) is 30.7 Å². The molecule has 0 atom stereocenters. The van der Waals surface area contributed by atoms with Crippen LogP contribution < -0.4 is 4.90 Å². The first kappa shape index (κ1) is 11.6. The molecule has 17 heavy (non-hydrogen) atoms. The average molecular weight is 228 g/mol. The number of hydrogen-bond donors (Lipinski definition) is 1. The van der Waals surface area contributed by atoms with Crippen molar-refractivity contribution in [2.75, 3.05) is 11.9 Å². The van der Waals surface area contributed by atoms with Gasteiger partial charge in [-0.25, -0.2) is 4.98 Å². The second kappa shape index (κ2) is 4.97. The van der Waals surface area contributed by atoms with E-state index in [1.807, 2.05) is 24.1 Å². The van der Waals surface area contributed by atoms with Crippen LogP contribution in [0.3, 0.4) is 0 Å². The molecule has 1 heterocycles. The van der Waals surface area contributed by atoms with E-state index < -0.39 is 0 Å². The minimum Gasteiger partial charge on any atom is -0.392 e. The van der Waals surface area contributed by atoms with E-state index in [1.54, 1.807) is 6.20 Å². The van der Waals surface area contributed by atoms with Crippen molar-refractivity contribution in [2.45, 2.75) is 13.5 Å². The van der Waals surface area contributed by atoms with E-state index >= 15 is 0 Å². The van der Waals surface area contributed by atoms with Crippen LogP contribution in [0.25, 0.3) is 0 Å². The molecule has 0 aliphatic rings. The van der Waals surface area contributed by atoms with Gasteiger partial charge in [0, 0.05) is 18.9 Å². The molecule has 0 spiro atoms. The van der Waals surface area contributed by atoms with Gasteiger partial charge in [0.05, 0.1) is 6.61 Å². The Morgan fingerprint density at radius 2 is 1.82 bits per heavy atom. The van der Waals surface area contributed by atoms with Gasteiger partial charge in [-0.15, -0.1) is 0 Å². The number of aliphatic hydroxyl groups excluding tert-OH is 1. The molecule has 2 aromatic rings. The number of anilines is 2. The number of nitrogens with zero attached hydrogens (tertiary/aromatic N) is 2. The first-order valence-corrected chi connectivity index (χ1v) is 5.57. The van der Waals surface area contributed by atoms with Gasteiger partial charge in [0.25, 0.3) is 0 Å². The van der Waals surface area contributed by atoms with Crippen molar-refractivity contribution in [1.29, 1.82) is 0 Å². The number of pyridine rings is 1. The highest BCUT2D eigenvalue weighted by molar-refractivity contribution is 5.59. The maximum absolute atomic E-state index is 8.96. The summed E-state index contributed by atoms with van der Waals surface area (Å²) < 4.78 is 0. The SMILES string of the molecule is Cc1ccc(N(C)c2ccc(CO)cn2)cc1. The fourth-order valence-electron chi connectivity index (χ4n) is 1.61. The monoisotopic (exact) mass is 228 g/mol. The Kier molecular flexibility index (Phi) is 3.40. The van der Waals surface area contributed by atoms with Gasteiger partial charge in [0.1, 0.15) is 5.82 Å².